The van der Waals surface area contributed by atoms with E-state index in [1.54, 1.807) is 19.9 Å². The van der Waals surface area contributed by atoms with Gasteiger partial charge in [0.25, 0.3) is 5.91 Å². The van der Waals surface area contributed by atoms with Crippen molar-refractivity contribution in [3.05, 3.63) is 58.7 Å². The van der Waals surface area contributed by atoms with Gasteiger partial charge < -0.3 is 10.6 Å². The molecule has 4 rings (SSSR count). The minimum absolute atomic E-state index is 0.0234. The van der Waals surface area contributed by atoms with E-state index >= 15 is 0 Å². The first-order chi connectivity index (χ1) is 16.4. The van der Waals surface area contributed by atoms with Gasteiger partial charge in [-0.25, -0.2) is 22.4 Å². The van der Waals surface area contributed by atoms with Crippen molar-refractivity contribution in [2.24, 2.45) is 0 Å². The van der Waals surface area contributed by atoms with Crippen LogP contribution >= 0.6 is 0 Å². The first-order valence-electron chi connectivity index (χ1n) is 11.5. The molecule has 1 aliphatic carbocycles. The molecule has 2 N–H and O–H groups in total. The highest BCUT2D eigenvalue weighted by Crippen LogP contribution is 2.33. The third-order valence-electron chi connectivity index (χ3n) is 6.91. The Labute approximate surface area is 205 Å². The molecule has 10 heteroatoms. The fraction of sp³-hybridized carbons (Fsp3) is 0.400. The molecular weight excluding hydrogens is 468 g/mol. The van der Waals surface area contributed by atoms with Crippen LogP contribution in [0.5, 0.6) is 0 Å². The fourth-order valence-corrected chi connectivity index (χ4v) is 5.48. The average molecular weight is 499 g/mol. The molecule has 0 spiro atoms. The lowest BCUT2D eigenvalue weighted by atomic mass is 9.89. The molecule has 0 saturated carbocycles. The quantitative estimate of drug-likeness (QED) is 0.594. The average Bonchev–Trinajstić information content (AvgIpc) is 3.36. The Kier molecular flexibility index (Phi) is 6.23. The SMILES string of the molecule is Cc1ccc(S(=O)(=O)N(C)C)cc1NC(=O)[C@@H](C)N1C(=O)N[C@@](C)(c2ccc3c(c2)CCC3)C1=O. The number of carbonyl (C=O) groups is 3. The summed E-state index contributed by atoms with van der Waals surface area (Å²) in [6.07, 6.45) is 3.01. The van der Waals surface area contributed by atoms with Crippen molar-refractivity contribution in [3.8, 4) is 0 Å². The third kappa shape index (κ3) is 4.21. The maximum atomic E-state index is 13.4. The van der Waals surface area contributed by atoms with E-state index < -0.39 is 39.4 Å². The Balaban J connectivity index is 1.57. The number of amides is 4. The predicted octanol–water partition coefficient (Wildman–Crippen LogP) is 2.53. The molecule has 4 amide bonds. The van der Waals surface area contributed by atoms with E-state index in [4.69, 9.17) is 0 Å². The largest absolute Gasteiger partial charge is 0.326 e. The van der Waals surface area contributed by atoms with Crippen LogP contribution in [-0.4, -0.2) is 55.6 Å². The number of nitrogens with zero attached hydrogens (tertiary/aromatic N) is 2. The highest BCUT2D eigenvalue weighted by Gasteiger charge is 2.52. The predicted molar refractivity (Wildman–Crippen MR) is 131 cm³/mol. The Morgan fingerprint density at radius 1 is 1.11 bits per heavy atom. The fourth-order valence-electron chi connectivity index (χ4n) is 4.55. The first-order valence-corrected chi connectivity index (χ1v) is 12.9. The minimum atomic E-state index is -3.70. The molecular formula is C25H30N4O5S. The number of sulfonamides is 1. The van der Waals surface area contributed by atoms with Crippen LogP contribution in [0.25, 0.3) is 0 Å². The number of hydrogen-bond acceptors (Lipinski definition) is 5. The lowest BCUT2D eigenvalue weighted by molar-refractivity contribution is -0.136. The van der Waals surface area contributed by atoms with Gasteiger partial charge in [-0.1, -0.05) is 24.3 Å². The topological polar surface area (TPSA) is 116 Å². The number of imide groups is 1. The summed E-state index contributed by atoms with van der Waals surface area (Å²) >= 11 is 0. The van der Waals surface area contributed by atoms with E-state index in [9.17, 15) is 22.8 Å². The van der Waals surface area contributed by atoms with E-state index in [1.165, 1.54) is 44.3 Å². The van der Waals surface area contributed by atoms with Gasteiger partial charge in [0.05, 0.1) is 4.90 Å². The van der Waals surface area contributed by atoms with Crippen molar-refractivity contribution in [1.29, 1.82) is 0 Å². The Morgan fingerprint density at radius 3 is 2.49 bits per heavy atom. The summed E-state index contributed by atoms with van der Waals surface area (Å²) in [5, 5.41) is 5.45. The van der Waals surface area contributed by atoms with Crippen molar-refractivity contribution in [3.63, 3.8) is 0 Å². The maximum absolute atomic E-state index is 13.4. The van der Waals surface area contributed by atoms with Crippen LogP contribution in [0.15, 0.2) is 41.3 Å². The van der Waals surface area contributed by atoms with Crippen molar-refractivity contribution in [2.45, 2.75) is 56.5 Å². The number of carbonyl (C=O) groups excluding carboxylic acids is 3. The molecule has 1 saturated heterocycles. The summed E-state index contributed by atoms with van der Waals surface area (Å²) in [5.74, 6) is -1.11. The number of urea groups is 1. The molecule has 1 aliphatic heterocycles. The molecule has 0 radical (unpaired) electrons. The summed E-state index contributed by atoms with van der Waals surface area (Å²) in [7, 11) is -0.859. The van der Waals surface area contributed by atoms with Gasteiger partial charge in [-0.3, -0.25) is 9.59 Å². The zero-order valence-corrected chi connectivity index (χ0v) is 21.3. The van der Waals surface area contributed by atoms with E-state index in [0.717, 1.165) is 28.5 Å². The van der Waals surface area contributed by atoms with Crippen LogP contribution in [0.1, 0.15) is 42.5 Å². The van der Waals surface area contributed by atoms with Crippen LogP contribution in [0, 0.1) is 6.92 Å². The van der Waals surface area contributed by atoms with Crippen LogP contribution in [-0.2, 0) is 38.0 Å². The van der Waals surface area contributed by atoms with Crippen molar-refractivity contribution in [2.75, 3.05) is 19.4 Å². The number of hydrogen-bond donors (Lipinski definition) is 2. The van der Waals surface area contributed by atoms with E-state index in [0.29, 0.717) is 16.8 Å². The van der Waals surface area contributed by atoms with Crippen molar-refractivity contribution < 1.29 is 22.8 Å². The Morgan fingerprint density at radius 2 is 1.80 bits per heavy atom. The first kappa shape index (κ1) is 24.9. The summed E-state index contributed by atoms with van der Waals surface area (Å²) in [5.41, 5.74) is 2.77. The highest BCUT2D eigenvalue weighted by atomic mass is 32.2. The molecule has 2 aromatic rings. The van der Waals surface area contributed by atoms with E-state index in [1.807, 2.05) is 18.2 Å². The molecule has 2 aliphatic rings. The van der Waals surface area contributed by atoms with Gasteiger partial charge in [-0.2, -0.15) is 0 Å². The molecule has 35 heavy (non-hydrogen) atoms. The zero-order valence-electron chi connectivity index (χ0n) is 20.5. The zero-order chi connectivity index (χ0) is 25.7. The van der Waals surface area contributed by atoms with Gasteiger partial charge in [-0.05, 0) is 74.4 Å². The second kappa shape index (κ2) is 8.76. The molecule has 1 heterocycles. The number of benzene rings is 2. The molecule has 2 atom stereocenters. The van der Waals surface area contributed by atoms with Crippen LogP contribution in [0.3, 0.4) is 0 Å². The van der Waals surface area contributed by atoms with Crippen LogP contribution in [0.2, 0.25) is 0 Å². The molecule has 0 unspecified atom stereocenters. The van der Waals surface area contributed by atoms with E-state index in [-0.39, 0.29) is 4.90 Å². The van der Waals surface area contributed by atoms with Crippen LogP contribution in [0.4, 0.5) is 10.5 Å². The maximum Gasteiger partial charge on any atom is 0.326 e. The summed E-state index contributed by atoms with van der Waals surface area (Å²) in [6, 6.07) is 8.48. The smallest absolute Gasteiger partial charge is 0.324 e. The lowest BCUT2D eigenvalue weighted by Gasteiger charge is -2.25. The normalized spacial score (nSPS) is 20.7. The third-order valence-corrected chi connectivity index (χ3v) is 8.72. The van der Waals surface area contributed by atoms with Crippen molar-refractivity contribution >= 4 is 33.6 Å². The van der Waals surface area contributed by atoms with Gasteiger partial charge in [0, 0.05) is 19.8 Å². The standard InChI is InChI=1S/C25H30N4O5S/c1-15-9-12-20(35(33,34)28(4)5)14-21(15)26-22(30)16(2)29-23(31)25(3,27-24(29)32)19-11-10-17-7-6-8-18(17)13-19/h9-14,16H,6-8H2,1-5H3,(H,26,30)(H,27,32)/t16-,25+/m1/s1. The minimum Gasteiger partial charge on any atom is -0.324 e. The number of fused-ring (bicyclic) bond motifs is 1. The Hall–Kier alpha value is -3.24. The van der Waals surface area contributed by atoms with Crippen LogP contribution < -0.4 is 10.6 Å². The van der Waals surface area contributed by atoms with E-state index in [2.05, 4.69) is 10.6 Å². The summed E-state index contributed by atoms with van der Waals surface area (Å²) < 4.78 is 26.1. The highest BCUT2D eigenvalue weighted by molar-refractivity contribution is 7.89. The van der Waals surface area contributed by atoms with Crippen molar-refractivity contribution in [1.82, 2.24) is 14.5 Å². The second-order valence-electron chi connectivity index (χ2n) is 9.50. The van der Waals surface area contributed by atoms with Gasteiger partial charge in [0.1, 0.15) is 11.6 Å². The number of aryl methyl sites for hydroxylation is 3. The second-order valence-corrected chi connectivity index (χ2v) is 11.6. The molecule has 9 nitrogen and oxygen atoms in total. The molecule has 186 valence electrons. The number of nitrogens with one attached hydrogen (secondary N) is 2. The van der Waals surface area contributed by atoms with Gasteiger partial charge in [0.15, 0.2) is 0 Å². The summed E-state index contributed by atoms with van der Waals surface area (Å²) in [4.78, 5) is 40.4. The molecule has 0 aromatic heterocycles. The summed E-state index contributed by atoms with van der Waals surface area (Å²) in [6.45, 7) is 4.84. The van der Waals surface area contributed by atoms with Gasteiger partial charge >= 0.3 is 6.03 Å². The van der Waals surface area contributed by atoms with Gasteiger partial charge in [-0.15, -0.1) is 0 Å². The molecule has 0 bridgehead atoms. The Bertz CT molecular complexity index is 1340. The lowest BCUT2D eigenvalue weighted by Crippen LogP contribution is -2.47. The molecule has 2 aromatic carbocycles. The van der Waals surface area contributed by atoms with Gasteiger partial charge in [0.2, 0.25) is 15.9 Å². The number of rotatable bonds is 6. The monoisotopic (exact) mass is 498 g/mol. The molecule has 1 fully saturated rings. The number of anilines is 1.